The molecule has 1 saturated carbocycles. The first-order chi connectivity index (χ1) is 18.0. The molecule has 37 heavy (non-hydrogen) atoms. The Bertz CT molecular complexity index is 1300. The van der Waals surface area contributed by atoms with Gasteiger partial charge in [0.25, 0.3) is 5.91 Å². The zero-order valence-corrected chi connectivity index (χ0v) is 20.6. The Morgan fingerprint density at radius 3 is 2.70 bits per heavy atom. The average Bonchev–Trinajstić information content (AvgIpc) is 3.19. The number of fused-ring (bicyclic) bond motifs is 1. The zero-order chi connectivity index (χ0) is 25.5. The van der Waals surface area contributed by atoms with Crippen LogP contribution in [0, 0.1) is 11.3 Å². The Morgan fingerprint density at radius 2 is 1.89 bits per heavy atom. The maximum Gasteiger partial charge on any atom is 0.255 e. The Balaban J connectivity index is 1.12. The number of piperidine rings is 1. The second-order valence-corrected chi connectivity index (χ2v) is 10.5. The predicted octanol–water partition coefficient (Wildman–Crippen LogP) is 2.50. The lowest BCUT2D eigenvalue weighted by atomic mass is 9.84. The van der Waals surface area contributed by atoms with Crippen molar-refractivity contribution in [2.45, 2.75) is 69.2 Å². The van der Waals surface area contributed by atoms with E-state index in [1.807, 2.05) is 24.3 Å². The number of aromatic nitrogens is 1. The molecule has 3 amide bonds. The molecule has 0 bridgehead atoms. The highest BCUT2D eigenvalue weighted by Crippen LogP contribution is 2.36. The first-order valence-electron chi connectivity index (χ1n) is 13.0. The lowest BCUT2D eigenvalue weighted by molar-refractivity contribution is -0.136. The third-order valence-corrected chi connectivity index (χ3v) is 8.20. The number of imide groups is 1. The summed E-state index contributed by atoms with van der Waals surface area (Å²) in [5, 5.41) is 11.5. The van der Waals surface area contributed by atoms with Crippen LogP contribution in [0.2, 0.25) is 0 Å². The monoisotopic (exact) mass is 499 g/mol. The molecular formula is C28H29N5O4. The normalized spacial score (nSPS) is 26.3. The van der Waals surface area contributed by atoms with Crippen molar-refractivity contribution in [3.05, 3.63) is 58.9 Å². The van der Waals surface area contributed by atoms with Crippen molar-refractivity contribution in [3.63, 3.8) is 0 Å². The minimum Gasteiger partial charge on any atom is -0.489 e. The number of ether oxygens (including phenoxy) is 1. The van der Waals surface area contributed by atoms with Crippen molar-refractivity contribution >= 4 is 17.7 Å². The number of carbonyl (C=O) groups is 3. The van der Waals surface area contributed by atoms with Crippen LogP contribution in [0.1, 0.15) is 71.6 Å². The molecule has 3 aliphatic heterocycles. The summed E-state index contributed by atoms with van der Waals surface area (Å²) in [6.07, 6.45) is 6.76. The summed E-state index contributed by atoms with van der Waals surface area (Å²) in [7, 11) is 0. The number of nitriles is 1. The fourth-order valence-electron chi connectivity index (χ4n) is 6.19. The van der Waals surface area contributed by atoms with Crippen LogP contribution in [-0.4, -0.2) is 63.8 Å². The Morgan fingerprint density at radius 1 is 1.05 bits per heavy atom. The van der Waals surface area contributed by atoms with E-state index in [0.717, 1.165) is 43.7 Å². The van der Waals surface area contributed by atoms with E-state index >= 15 is 0 Å². The molecule has 3 fully saturated rings. The van der Waals surface area contributed by atoms with Gasteiger partial charge in [0.2, 0.25) is 11.8 Å². The molecule has 9 heteroatoms. The van der Waals surface area contributed by atoms with Crippen LogP contribution in [-0.2, 0) is 16.1 Å². The van der Waals surface area contributed by atoms with Gasteiger partial charge in [-0.3, -0.25) is 24.6 Å². The second-order valence-electron chi connectivity index (χ2n) is 10.5. The van der Waals surface area contributed by atoms with E-state index in [4.69, 9.17) is 10.00 Å². The molecule has 1 unspecified atom stereocenters. The van der Waals surface area contributed by atoms with Crippen LogP contribution >= 0.6 is 0 Å². The topological polar surface area (TPSA) is 116 Å². The fraction of sp³-hybridized carbons (Fsp3) is 0.464. The molecule has 1 N–H and O–H groups in total. The summed E-state index contributed by atoms with van der Waals surface area (Å²) in [5.74, 6) is 0.293. The molecular weight excluding hydrogens is 470 g/mol. The zero-order valence-electron chi connectivity index (χ0n) is 20.6. The third kappa shape index (κ3) is 4.46. The van der Waals surface area contributed by atoms with Crippen LogP contribution in [0.15, 0.2) is 36.5 Å². The summed E-state index contributed by atoms with van der Waals surface area (Å²) >= 11 is 0. The molecule has 4 heterocycles. The third-order valence-electron chi connectivity index (χ3n) is 8.20. The molecule has 1 aromatic heterocycles. The maximum atomic E-state index is 13.0. The van der Waals surface area contributed by atoms with E-state index in [1.54, 1.807) is 17.2 Å². The van der Waals surface area contributed by atoms with Gasteiger partial charge in [0, 0.05) is 49.8 Å². The summed E-state index contributed by atoms with van der Waals surface area (Å²) in [6, 6.07) is 11.3. The number of nitrogens with one attached hydrogen (secondary N) is 1. The largest absolute Gasteiger partial charge is 0.489 e. The summed E-state index contributed by atoms with van der Waals surface area (Å²) in [4.78, 5) is 45.0. The van der Waals surface area contributed by atoms with Gasteiger partial charge in [-0.1, -0.05) is 6.42 Å². The number of nitrogens with zero attached hydrogens (tertiary/aromatic N) is 4. The van der Waals surface area contributed by atoms with Gasteiger partial charge < -0.3 is 9.64 Å². The first-order valence-corrected chi connectivity index (χ1v) is 13.0. The van der Waals surface area contributed by atoms with Crippen molar-refractivity contribution in [2.75, 3.05) is 13.1 Å². The molecule has 0 radical (unpaired) electrons. The van der Waals surface area contributed by atoms with E-state index in [-0.39, 0.29) is 24.3 Å². The van der Waals surface area contributed by atoms with Gasteiger partial charge in [-0.25, -0.2) is 4.98 Å². The molecule has 2 aromatic rings. The SMILES string of the molecule is N#Cc1cc(C2CN([C@H]3CCCC[C@H]3Oc3ccc4c(c3)CN(C3CCC(=O)NC3=O)C4=O)C2)ccn1. The van der Waals surface area contributed by atoms with Crippen molar-refractivity contribution < 1.29 is 19.1 Å². The molecule has 2 saturated heterocycles. The average molecular weight is 500 g/mol. The molecule has 1 aliphatic carbocycles. The standard InChI is InChI=1S/C28H29N5O4/c29-13-20-11-17(9-10-30-20)19-14-32(15-19)23-3-1-2-4-25(23)37-21-5-6-22-18(12-21)16-33(28(22)36)24-7-8-26(34)31-27(24)35/h5-6,9-12,19,23-25H,1-4,7-8,14-16H2,(H,31,34,35)/t23-,24?,25+/m0/s1. The van der Waals surface area contributed by atoms with Crippen LogP contribution in [0.5, 0.6) is 5.75 Å². The van der Waals surface area contributed by atoms with Gasteiger partial charge in [0.1, 0.15) is 29.7 Å². The molecule has 3 atom stereocenters. The van der Waals surface area contributed by atoms with Crippen LogP contribution in [0.25, 0.3) is 0 Å². The highest BCUT2D eigenvalue weighted by atomic mass is 16.5. The van der Waals surface area contributed by atoms with Crippen LogP contribution in [0.4, 0.5) is 0 Å². The number of carbonyl (C=O) groups excluding carboxylic acids is 3. The Kier molecular flexibility index (Phi) is 6.13. The molecule has 9 nitrogen and oxygen atoms in total. The smallest absolute Gasteiger partial charge is 0.255 e. The summed E-state index contributed by atoms with van der Waals surface area (Å²) < 4.78 is 6.53. The van der Waals surface area contributed by atoms with E-state index in [1.165, 1.54) is 12.0 Å². The molecule has 0 spiro atoms. The second kappa shape index (κ2) is 9.60. The molecule has 1 aromatic carbocycles. The Labute approximate surface area is 215 Å². The maximum absolute atomic E-state index is 13.0. The number of amides is 3. The van der Waals surface area contributed by atoms with Crippen LogP contribution in [0.3, 0.4) is 0 Å². The lowest BCUT2D eigenvalue weighted by Crippen LogP contribution is -2.57. The number of hydrogen-bond acceptors (Lipinski definition) is 7. The highest BCUT2D eigenvalue weighted by Gasteiger charge is 2.41. The number of benzene rings is 1. The van der Waals surface area contributed by atoms with E-state index in [2.05, 4.69) is 21.3 Å². The predicted molar refractivity (Wildman–Crippen MR) is 132 cm³/mol. The molecule has 190 valence electrons. The van der Waals surface area contributed by atoms with Crippen molar-refractivity contribution in [1.29, 1.82) is 5.26 Å². The van der Waals surface area contributed by atoms with Gasteiger partial charge in [-0.15, -0.1) is 0 Å². The van der Waals surface area contributed by atoms with Crippen LogP contribution < -0.4 is 10.1 Å². The summed E-state index contributed by atoms with van der Waals surface area (Å²) in [5.41, 5.74) is 3.08. The molecule has 4 aliphatic rings. The van der Waals surface area contributed by atoms with Crippen molar-refractivity contribution in [1.82, 2.24) is 20.1 Å². The van der Waals surface area contributed by atoms with Gasteiger partial charge in [0.15, 0.2) is 0 Å². The number of likely N-dealkylation sites (tertiary alicyclic amines) is 1. The molecule has 6 rings (SSSR count). The first kappa shape index (κ1) is 23.6. The number of pyridine rings is 1. The quantitative estimate of drug-likeness (QED) is 0.629. The van der Waals surface area contributed by atoms with Crippen molar-refractivity contribution in [3.8, 4) is 11.8 Å². The summed E-state index contributed by atoms with van der Waals surface area (Å²) in [6.45, 7) is 2.23. The van der Waals surface area contributed by atoms with Gasteiger partial charge in [-0.2, -0.15) is 5.26 Å². The lowest BCUT2D eigenvalue weighted by Gasteiger charge is -2.48. The minimum absolute atomic E-state index is 0.0724. The minimum atomic E-state index is -0.617. The van der Waals surface area contributed by atoms with Gasteiger partial charge in [-0.05, 0) is 67.1 Å². The van der Waals surface area contributed by atoms with E-state index in [0.29, 0.717) is 36.2 Å². The van der Waals surface area contributed by atoms with Crippen molar-refractivity contribution in [2.24, 2.45) is 0 Å². The van der Waals surface area contributed by atoms with Gasteiger partial charge >= 0.3 is 0 Å². The number of rotatable bonds is 5. The Hall–Kier alpha value is -3.77. The highest BCUT2D eigenvalue weighted by molar-refractivity contribution is 6.05. The number of hydrogen-bond donors (Lipinski definition) is 1. The van der Waals surface area contributed by atoms with E-state index < -0.39 is 11.9 Å². The fourth-order valence-corrected chi connectivity index (χ4v) is 6.19. The van der Waals surface area contributed by atoms with E-state index in [9.17, 15) is 14.4 Å². The van der Waals surface area contributed by atoms with Gasteiger partial charge in [0.05, 0.1) is 0 Å².